The Labute approximate surface area is 118 Å². The van der Waals surface area contributed by atoms with Gasteiger partial charge >= 0.3 is 12.0 Å². The lowest BCUT2D eigenvalue weighted by Gasteiger charge is -2.17. The summed E-state index contributed by atoms with van der Waals surface area (Å²) in [6.45, 7) is 3.67. The fraction of sp³-hybridized carbons (Fsp3) is 0.846. The first-order chi connectivity index (χ1) is 8.99. The van der Waals surface area contributed by atoms with Gasteiger partial charge in [-0.25, -0.2) is 4.79 Å². The van der Waals surface area contributed by atoms with E-state index in [-0.39, 0.29) is 18.0 Å². The molecule has 0 spiro atoms. The molecule has 110 valence electrons. The summed E-state index contributed by atoms with van der Waals surface area (Å²) in [5.41, 5.74) is 0. The molecule has 1 heterocycles. The van der Waals surface area contributed by atoms with Gasteiger partial charge in [-0.15, -0.1) is 0 Å². The summed E-state index contributed by atoms with van der Waals surface area (Å²) >= 11 is 1.86. The number of hydrogen-bond acceptors (Lipinski definition) is 3. The number of amides is 2. The highest BCUT2D eigenvalue weighted by atomic mass is 32.2. The van der Waals surface area contributed by atoms with Gasteiger partial charge in [0, 0.05) is 17.8 Å². The number of rotatable bonds is 7. The van der Waals surface area contributed by atoms with Crippen LogP contribution in [0.5, 0.6) is 0 Å². The molecule has 2 amide bonds. The van der Waals surface area contributed by atoms with E-state index in [1.165, 1.54) is 0 Å². The van der Waals surface area contributed by atoms with Gasteiger partial charge in [0.05, 0.1) is 5.92 Å². The molecule has 19 heavy (non-hydrogen) atoms. The molecule has 0 bridgehead atoms. The monoisotopic (exact) mass is 288 g/mol. The maximum absolute atomic E-state index is 11.7. The summed E-state index contributed by atoms with van der Waals surface area (Å²) in [5.74, 6) is 1.06. The lowest BCUT2D eigenvalue weighted by Crippen LogP contribution is -2.45. The highest BCUT2D eigenvalue weighted by Crippen LogP contribution is 2.16. The normalized spacial score (nSPS) is 21.7. The molecule has 5 nitrogen and oxygen atoms in total. The lowest BCUT2D eigenvalue weighted by molar-refractivity contribution is -0.141. The SMILES string of the molecule is CC(CCCC(C)C(=O)O)NC(=O)NC1CCSC1. The minimum atomic E-state index is -0.753. The number of carboxylic acid groups (broad SMARTS) is 1. The molecule has 1 saturated heterocycles. The van der Waals surface area contributed by atoms with Crippen LogP contribution in [-0.4, -0.2) is 40.7 Å². The Kier molecular flexibility index (Phi) is 7.05. The van der Waals surface area contributed by atoms with Gasteiger partial charge in [0.1, 0.15) is 0 Å². The second-order valence-electron chi connectivity index (χ2n) is 5.25. The van der Waals surface area contributed by atoms with E-state index in [0.29, 0.717) is 12.5 Å². The molecule has 0 aromatic heterocycles. The second kappa shape index (κ2) is 8.30. The summed E-state index contributed by atoms with van der Waals surface area (Å²) < 4.78 is 0. The molecular formula is C13H24N2O3S. The zero-order valence-electron chi connectivity index (χ0n) is 11.6. The molecule has 6 heteroatoms. The third-order valence-corrected chi connectivity index (χ3v) is 4.50. The predicted molar refractivity (Wildman–Crippen MR) is 77.5 cm³/mol. The molecule has 1 aliphatic rings. The Balaban J connectivity index is 2.10. The summed E-state index contributed by atoms with van der Waals surface area (Å²) in [7, 11) is 0. The number of thioether (sulfide) groups is 1. The van der Waals surface area contributed by atoms with Crippen molar-refractivity contribution in [1.29, 1.82) is 0 Å². The topological polar surface area (TPSA) is 78.4 Å². The number of carbonyl (C=O) groups excluding carboxylic acids is 1. The molecule has 0 aliphatic carbocycles. The Morgan fingerprint density at radius 1 is 1.37 bits per heavy atom. The lowest BCUT2D eigenvalue weighted by atomic mass is 10.0. The molecule has 1 aliphatic heterocycles. The standard InChI is InChI=1S/C13H24N2O3S/c1-9(12(16)17)4-3-5-10(2)14-13(18)15-11-6-7-19-8-11/h9-11H,3-8H2,1-2H3,(H,16,17)(H2,14,15,18). The van der Waals surface area contributed by atoms with Gasteiger partial charge in [-0.2, -0.15) is 11.8 Å². The molecule has 3 atom stereocenters. The molecule has 0 radical (unpaired) electrons. The summed E-state index contributed by atoms with van der Waals surface area (Å²) in [5, 5.41) is 14.6. The molecular weight excluding hydrogens is 264 g/mol. The van der Waals surface area contributed by atoms with Gasteiger partial charge < -0.3 is 15.7 Å². The van der Waals surface area contributed by atoms with Crippen molar-refractivity contribution in [3.63, 3.8) is 0 Å². The number of hydrogen-bond donors (Lipinski definition) is 3. The molecule has 3 unspecified atom stereocenters. The molecule has 1 rings (SSSR count). The van der Waals surface area contributed by atoms with Gasteiger partial charge in [0.15, 0.2) is 0 Å². The van der Waals surface area contributed by atoms with Gasteiger partial charge in [-0.05, 0) is 31.9 Å². The zero-order chi connectivity index (χ0) is 14.3. The number of carboxylic acids is 1. The van der Waals surface area contributed by atoms with E-state index >= 15 is 0 Å². The second-order valence-corrected chi connectivity index (χ2v) is 6.40. The number of urea groups is 1. The largest absolute Gasteiger partial charge is 0.481 e. The van der Waals surface area contributed by atoms with Crippen molar-refractivity contribution in [2.75, 3.05) is 11.5 Å². The van der Waals surface area contributed by atoms with Gasteiger partial charge in [-0.1, -0.05) is 13.3 Å². The van der Waals surface area contributed by atoms with Crippen molar-refractivity contribution in [2.45, 2.75) is 51.6 Å². The number of carbonyl (C=O) groups is 2. The minimum Gasteiger partial charge on any atom is -0.481 e. The Bertz CT molecular complexity index is 306. The minimum absolute atomic E-state index is 0.0788. The average molecular weight is 288 g/mol. The summed E-state index contributed by atoms with van der Waals surface area (Å²) in [6.07, 6.45) is 3.32. The van der Waals surface area contributed by atoms with Crippen molar-refractivity contribution in [3.8, 4) is 0 Å². The fourth-order valence-electron chi connectivity index (χ4n) is 2.03. The van der Waals surface area contributed by atoms with Crippen LogP contribution in [0.2, 0.25) is 0 Å². The van der Waals surface area contributed by atoms with E-state index in [4.69, 9.17) is 5.11 Å². The number of nitrogens with one attached hydrogen (secondary N) is 2. The van der Waals surface area contributed by atoms with Crippen molar-refractivity contribution in [2.24, 2.45) is 5.92 Å². The van der Waals surface area contributed by atoms with Crippen molar-refractivity contribution < 1.29 is 14.7 Å². The van der Waals surface area contributed by atoms with Crippen LogP contribution in [0.15, 0.2) is 0 Å². The molecule has 0 aromatic rings. The average Bonchev–Trinajstić information content (AvgIpc) is 2.81. The fourth-order valence-corrected chi connectivity index (χ4v) is 3.18. The highest BCUT2D eigenvalue weighted by molar-refractivity contribution is 7.99. The zero-order valence-corrected chi connectivity index (χ0v) is 12.5. The van der Waals surface area contributed by atoms with E-state index in [1.54, 1.807) is 6.92 Å². The van der Waals surface area contributed by atoms with Crippen LogP contribution >= 0.6 is 11.8 Å². The highest BCUT2D eigenvalue weighted by Gasteiger charge is 2.18. The van der Waals surface area contributed by atoms with Crippen LogP contribution in [0.25, 0.3) is 0 Å². The van der Waals surface area contributed by atoms with Gasteiger partial charge in [0.2, 0.25) is 0 Å². The van der Waals surface area contributed by atoms with Gasteiger partial charge in [-0.3, -0.25) is 4.79 Å². The maximum Gasteiger partial charge on any atom is 0.315 e. The summed E-state index contributed by atoms with van der Waals surface area (Å²) in [4.78, 5) is 22.4. The Hall–Kier alpha value is -0.910. The van der Waals surface area contributed by atoms with Gasteiger partial charge in [0.25, 0.3) is 0 Å². The van der Waals surface area contributed by atoms with Crippen LogP contribution in [-0.2, 0) is 4.79 Å². The first-order valence-electron chi connectivity index (χ1n) is 6.86. The molecule has 1 fully saturated rings. The third-order valence-electron chi connectivity index (χ3n) is 3.34. The van der Waals surface area contributed by atoms with Crippen molar-refractivity contribution in [3.05, 3.63) is 0 Å². The van der Waals surface area contributed by atoms with Crippen LogP contribution in [0.3, 0.4) is 0 Å². The smallest absolute Gasteiger partial charge is 0.315 e. The van der Waals surface area contributed by atoms with Crippen LogP contribution in [0.4, 0.5) is 4.79 Å². The van der Waals surface area contributed by atoms with E-state index in [0.717, 1.165) is 30.8 Å². The first kappa shape index (κ1) is 16.1. The molecule has 0 aromatic carbocycles. The third kappa shape index (κ3) is 6.71. The Morgan fingerprint density at radius 3 is 2.68 bits per heavy atom. The van der Waals surface area contributed by atoms with E-state index < -0.39 is 5.97 Å². The van der Waals surface area contributed by atoms with E-state index in [1.807, 2.05) is 18.7 Å². The van der Waals surface area contributed by atoms with Crippen LogP contribution < -0.4 is 10.6 Å². The van der Waals surface area contributed by atoms with Crippen LogP contribution in [0, 0.1) is 5.92 Å². The summed E-state index contributed by atoms with van der Waals surface area (Å²) in [6, 6.07) is 0.269. The Morgan fingerprint density at radius 2 is 2.11 bits per heavy atom. The molecule has 3 N–H and O–H groups in total. The van der Waals surface area contributed by atoms with E-state index in [2.05, 4.69) is 10.6 Å². The maximum atomic E-state index is 11.7. The quantitative estimate of drug-likeness (QED) is 0.670. The number of aliphatic carboxylic acids is 1. The van der Waals surface area contributed by atoms with Crippen molar-refractivity contribution >= 4 is 23.8 Å². The van der Waals surface area contributed by atoms with Crippen LogP contribution in [0.1, 0.15) is 39.5 Å². The van der Waals surface area contributed by atoms with Crippen molar-refractivity contribution in [1.82, 2.24) is 10.6 Å². The predicted octanol–water partition coefficient (Wildman–Crippen LogP) is 2.07. The first-order valence-corrected chi connectivity index (χ1v) is 8.02. The molecule has 0 saturated carbocycles. The van der Waals surface area contributed by atoms with E-state index in [9.17, 15) is 9.59 Å².